The number of hydrogen-bond donors (Lipinski definition) is 0. The van der Waals surface area contributed by atoms with Crippen LogP contribution in [0.25, 0.3) is 11.0 Å². The van der Waals surface area contributed by atoms with Crippen LogP contribution in [0, 0.1) is 13.8 Å². The molecule has 4 rings (SSSR count). The monoisotopic (exact) mass is 446 g/mol. The summed E-state index contributed by atoms with van der Waals surface area (Å²) >= 11 is 0. The summed E-state index contributed by atoms with van der Waals surface area (Å²) in [5.41, 5.74) is 5.81. The molecule has 2 heterocycles. The van der Waals surface area contributed by atoms with E-state index in [1.54, 1.807) is 6.92 Å². The first kappa shape index (κ1) is 22.7. The molecule has 1 aliphatic heterocycles. The Balaban J connectivity index is 1.60. The van der Waals surface area contributed by atoms with Gasteiger partial charge in [-0.05, 0) is 74.7 Å². The smallest absolute Gasteiger partial charge is 0.360 e. The molecule has 0 aliphatic carbocycles. The number of esters is 1. The van der Waals surface area contributed by atoms with Crippen molar-refractivity contribution in [2.24, 2.45) is 0 Å². The molecule has 0 atom stereocenters. The summed E-state index contributed by atoms with van der Waals surface area (Å²) in [6.45, 7) is 10.9. The third-order valence-electron chi connectivity index (χ3n) is 6.11. The maximum absolute atomic E-state index is 12.8. The Morgan fingerprint density at radius 1 is 0.909 bits per heavy atom. The zero-order chi connectivity index (χ0) is 23.5. The number of aryl methyl sites for hydroxylation is 2. The van der Waals surface area contributed by atoms with Gasteiger partial charge >= 0.3 is 5.97 Å². The molecule has 7 nitrogen and oxygen atoms in total. The van der Waals surface area contributed by atoms with Crippen LogP contribution in [0.4, 0.5) is 11.5 Å². The lowest BCUT2D eigenvalue weighted by atomic mass is 10.1. The zero-order valence-corrected chi connectivity index (χ0v) is 19.7. The van der Waals surface area contributed by atoms with E-state index in [1.807, 2.05) is 50.2 Å². The second-order valence-corrected chi connectivity index (χ2v) is 8.53. The Labute approximate surface area is 194 Å². The number of carbonyl (C=O) groups excluding carboxylic acids is 2. The molecule has 172 valence electrons. The zero-order valence-electron chi connectivity index (χ0n) is 19.7. The summed E-state index contributed by atoms with van der Waals surface area (Å²) in [5.74, 6) is 0.217. The number of carbonyl (C=O) groups is 2. The van der Waals surface area contributed by atoms with Crippen molar-refractivity contribution in [2.45, 2.75) is 34.1 Å². The van der Waals surface area contributed by atoms with Crippen molar-refractivity contribution >= 4 is 34.3 Å². The molecule has 0 bridgehead atoms. The van der Waals surface area contributed by atoms with E-state index in [0.29, 0.717) is 36.6 Å². The molecule has 0 radical (unpaired) electrons. The van der Waals surface area contributed by atoms with Gasteiger partial charge in [-0.3, -0.25) is 4.79 Å². The Morgan fingerprint density at radius 3 is 2.06 bits per heavy atom. The summed E-state index contributed by atoms with van der Waals surface area (Å²) in [6.07, 6.45) is 0.751. The van der Waals surface area contributed by atoms with Crippen LogP contribution in [-0.4, -0.2) is 54.5 Å². The summed E-state index contributed by atoms with van der Waals surface area (Å²) < 4.78 is 5.43. The number of rotatable bonds is 6. The van der Waals surface area contributed by atoms with E-state index in [9.17, 15) is 9.59 Å². The fraction of sp³-hybridized carbons (Fsp3) is 0.385. The second kappa shape index (κ2) is 9.57. The number of piperazine rings is 1. The molecule has 0 spiro atoms. The highest BCUT2D eigenvalue weighted by Gasteiger charge is 2.26. The van der Waals surface area contributed by atoms with Gasteiger partial charge in [0.2, 0.25) is 0 Å². The van der Waals surface area contributed by atoms with Crippen molar-refractivity contribution in [3.05, 3.63) is 58.8 Å². The number of aromatic nitrogens is 2. The predicted octanol–water partition coefficient (Wildman–Crippen LogP) is 4.34. The normalized spacial score (nSPS) is 13.9. The number of hydrogen-bond acceptors (Lipinski definition) is 7. The molecule has 1 fully saturated rings. The lowest BCUT2D eigenvalue weighted by Gasteiger charge is -2.37. The summed E-state index contributed by atoms with van der Waals surface area (Å²) in [5, 5.41) is 0. The second-order valence-electron chi connectivity index (χ2n) is 8.53. The third kappa shape index (κ3) is 4.82. The molecule has 1 aliphatic rings. The van der Waals surface area contributed by atoms with E-state index in [4.69, 9.17) is 9.72 Å². The maximum atomic E-state index is 12.8. The van der Waals surface area contributed by atoms with Crippen molar-refractivity contribution in [3.8, 4) is 0 Å². The van der Waals surface area contributed by atoms with Crippen LogP contribution in [0.1, 0.15) is 52.2 Å². The molecule has 0 amide bonds. The van der Waals surface area contributed by atoms with E-state index in [0.717, 1.165) is 41.8 Å². The highest BCUT2D eigenvalue weighted by molar-refractivity contribution is 5.96. The van der Waals surface area contributed by atoms with Gasteiger partial charge in [-0.1, -0.05) is 6.92 Å². The molecule has 0 unspecified atom stereocenters. The van der Waals surface area contributed by atoms with Crippen LogP contribution in [-0.2, 0) is 4.74 Å². The molecule has 2 aromatic carbocycles. The minimum Gasteiger partial charge on any atom is -0.461 e. The first-order chi connectivity index (χ1) is 15.9. The van der Waals surface area contributed by atoms with Gasteiger partial charge in [-0.2, -0.15) is 0 Å². The largest absolute Gasteiger partial charge is 0.461 e. The van der Waals surface area contributed by atoms with Crippen LogP contribution in [0.5, 0.6) is 0 Å². The summed E-state index contributed by atoms with van der Waals surface area (Å²) in [7, 11) is 0. The number of benzene rings is 2. The van der Waals surface area contributed by atoms with Crippen molar-refractivity contribution < 1.29 is 14.3 Å². The van der Waals surface area contributed by atoms with Gasteiger partial charge in [0.25, 0.3) is 0 Å². The number of nitrogens with zero attached hydrogens (tertiary/aromatic N) is 4. The summed E-state index contributed by atoms with van der Waals surface area (Å²) in [6, 6.07) is 11.7. The lowest BCUT2D eigenvalue weighted by molar-refractivity contribution is 0.0499. The molecular weight excluding hydrogens is 416 g/mol. The van der Waals surface area contributed by atoms with Gasteiger partial charge in [0.05, 0.1) is 17.6 Å². The average Bonchev–Trinajstić information content (AvgIpc) is 2.83. The fourth-order valence-electron chi connectivity index (χ4n) is 4.01. The first-order valence-electron chi connectivity index (χ1n) is 11.4. The van der Waals surface area contributed by atoms with Crippen molar-refractivity contribution in [1.29, 1.82) is 0 Å². The van der Waals surface area contributed by atoms with E-state index >= 15 is 0 Å². The first-order valence-corrected chi connectivity index (χ1v) is 11.4. The van der Waals surface area contributed by atoms with Crippen molar-refractivity contribution in [3.63, 3.8) is 0 Å². The molecule has 0 N–H and O–H groups in total. The molecule has 1 aromatic heterocycles. The standard InChI is InChI=1S/C26H30N4O3/c1-5-14-33-26(32)24-25(28-23-16-18(3)17(2)15-22(23)27-24)30-12-10-29(11-13-30)21-8-6-20(7-9-21)19(4)31/h6-9,15-16H,5,10-14H2,1-4H3. The van der Waals surface area contributed by atoms with E-state index < -0.39 is 5.97 Å². The summed E-state index contributed by atoms with van der Waals surface area (Å²) in [4.78, 5) is 38.3. The highest BCUT2D eigenvalue weighted by atomic mass is 16.5. The quantitative estimate of drug-likeness (QED) is 0.412. The third-order valence-corrected chi connectivity index (χ3v) is 6.11. The van der Waals surface area contributed by atoms with Gasteiger partial charge in [0, 0.05) is 37.4 Å². The van der Waals surface area contributed by atoms with Crippen LogP contribution in [0.2, 0.25) is 0 Å². The topological polar surface area (TPSA) is 75.6 Å². The number of ether oxygens (including phenoxy) is 1. The van der Waals surface area contributed by atoms with Gasteiger partial charge in [-0.15, -0.1) is 0 Å². The Morgan fingerprint density at radius 2 is 1.48 bits per heavy atom. The SMILES string of the molecule is CCCOC(=O)c1nc2cc(C)c(C)cc2nc1N1CCN(c2ccc(C(C)=O)cc2)CC1. The Hall–Kier alpha value is -3.48. The molecule has 3 aromatic rings. The van der Waals surface area contributed by atoms with Gasteiger partial charge in [0.15, 0.2) is 17.3 Å². The van der Waals surface area contributed by atoms with E-state index in [-0.39, 0.29) is 11.5 Å². The van der Waals surface area contributed by atoms with Crippen molar-refractivity contribution in [2.75, 3.05) is 42.6 Å². The number of ketones is 1. The maximum Gasteiger partial charge on any atom is 0.360 e. The number of Topliss-reactive ketones (excluding diaryl/α,β-unsaturated/α-hetero) is 1. The van der Waals surface area contributed by atoms with Crippen LogP contribution >= 0.6 is 0 Å². The fourth-order valence-corrected chi connectivity index (χ4v) is 4.01. The molecule has 33 heavy (non-hydrogen) atoms. The van der Waals surface area contributed by atoms with Crippen LogP contribution < -0.4 is 9.80 Å². The average molecular weight is 447 g/mol. The Kier molecular flexibility index (Phi) is 6.58. The van der Waals surface area contributed by atoms with E-state index in [2.05, 4.69) is 21.7 Å². The minimum atomic E-state index is -0.429. The Bertz CT molecular complexity index is 1180. The lowest BCUT2D eigenvalue weighted by Crippen LogP contribution is -2.47. The highest BCUT2D eigenvalue weighted by Crippen LogP contribution is 2.26. The molecule has 0 saturated carbocycles. The predicted molar refractivity (Wildman–Crippen MR) is 130 cm³/mol. The van der Waals surface area contributed by atoms with Crippen molar-refractivity contribution in [1.82, 2.24) is 9.97 Å². The molecule has 7 heteroatoms. The van der Waals surface area contributed by atoms with Gasteiger partial charge in [0.1, 0.15) is 0 Å². The molecular formula is C26H30N4O3. The van der Waals surface area contributed by atoms with Gasteiger partial charge in [-0.25, -0.2) is 14.8 Å². The van der Waals surface area contributed by atoms with Crippen LogP contribution in [0.15, 0.2) is 36.4 Å². The number of anilines is 2. The van der Waals surface area contributed by atoms with E-state index in [1.165, 1.54) is 0 Å². The minimum absolute atomic E-state index is 0.0640. The number of fused-ring (bicyclic) bond motifs is 1. The van der Waals surface area contributed by atoms with Crippen LogP contribution in [0.3, 0.4) is 0 Å². The molecule has 1 saturated heterocycles. The van der Waals surface area contributed by atoms with Gasteiger partial charge < -0.3 is 14.5 Å².